The first-order valence-corrected chi connectivity index (χ1v) is 13.6. The van der Waals surface area contributed by atoms with Gasteiger partial charge in [-0.1, -0.05) is 70.1 Å². The number of halogens is 1. The van der Waals surface area contributed by atoms with Crippen LogP contribution in [0.3, 0.4) is 0 Å². The second-order valence-corrected chi connectivity index (χ2v) is 11.8. The molecule has 3 aromatic carbocycles. The standard InChI is InChI=1S/C25H21ClN4O4S2/c1-16-6-5-8-17(12-16)24-27-23(34-28-24)15-29(2)36(32,33)19-10-11-21-22(13-19)35-25(31)30(21)14-18-7-3-4-9-20(18)26/h3-13H,14-15H2,1-2H3. The van der Waals surface area contributed by atoms with Crippen LogP contribution in [-0.4, -0.2) is 34.5 Å². The van der Waals surface area contributed by atoms with Gasteiger partial charge in [0, 0.05) is 17.6 Å². The monoisotopic (exact) mass is 540 g/mol. The molecule has 2 aromatic heterocycles. The zero-order valence-electron chi connectivity index (χ0n) is 19.4. The second kappa shape index (κ2) is 9.62. The predicted octanol–water partition coefficient (Wildman–Crippen LogP) is 4.94. The SMILES string of the molecule is Cc1cccc(-c2noc(CN(C)S(=O)(=O)c3ccc4c(c3)sc(=O)n4Cc3ccccc3Cl)n2)c1. The zero-order valence-corrected chi connectivity index (χ0v) is 21.8. The number of aromatic nitrogens is 3. The molecule has 184 valence electrons. The molecule has 11 heteroatoms. The highest BCUT2D eigenvalue weighted by Gasteiger charge is 2.24. The van der Waals surface area contributed by atoms with Gasteiger partial charge in [0.15, 0.2) is 0 Å². The minimum absolute atomic E-state index is 0.0714. The van der Waals surface area contributed by atoms with Gasteiger partial charge in [0.05, 0.1) is 28.2 Å². The lowest BCUT2D eigenvalue weighted by atomic mass is 10.1. The van der Waals surface area contributed by atoms with Gasteiger partial charge < -0.3 is 4.52 Å². The molecule has 0 aliphatic rings. The molecule has 36 heavy (non-hydrogen) atoms. The quantitative estimate of drug-likeness (QED) is 0.290. The number of benzene rings is 3. The first-order chi connectivity index (χ1) is 17.2. The van der Waals surface area contributed by atoms with E-state index in [1.807, 2.05) is 49.4 Å². The number of nitrogens with zero attached hydrogens (tertiary/aromatic N) is 4. The number of thiazole rings is 1. The number of aryl methyl sites for hydroxylation is 1. The number of fused-ring (bicyclic) bond motifs is 1. The molecule has 5 rings (SSSR count). The fourth-order valence-electron chi connectivity index (χ4n) is 3.83. The topological polar surface area (TPSA) is 98.3 Å². The molecule has 0 N–H and O–H groups in total. The molecule has 0 spiro atoms. The third-order valence-corrected chi connectivity index (χ3v) is 8.85. The van der Waals surface area contributed by atoms with Gasteiger partial charge in [-0.15, -0.1) is 0 Å². The Bertz CT molecular complexity index is 1740. The van der Waals surface area contributed by atoms with Crippen LogP contribution in [0.1, 0.15) is 17.0 Å². The minimum atomic E-state index is -3.88. The minimum Gasteiger partial charge on any atom is -0.338 e. The van der Waals surface area contributed by atoms with Gasteiger partial charge in [-0.2, -0.15) is 9.29 Å². The molecule has 0 saturated carbocycles. The van der Waals surface area contributed by atoms with Crippen molar-refractivity contribution in [2.45, 2.75) is 24.9 Å². The second-order valence-electron chi connectivity index (χ2n) is 8.32. The highest BCUT2D eigenvalue weighted by atomic mass is 35.5. The van der Waals surface area contributed by atoms with E-state index in [1.165, 1.54) is 19.2 Å². The summed E-state index contributed by atoms with van der Waals surface area (Å²) in [4.78, 5) is 16.9. The van der Waals surface area contributed by atoms with Gasteiger partial charge in [-0.25, -0.2) is 8.42 Å². The van der Waals surface area contributed by atoms with Crippen molar-refractivity contribution in [3.8, 4) is 11.4 Å². The molecule has 0 aliphatic carbocycles. The fraction of sp³-hybridized carbons (Fsp3) is 0.160. The Kier molecular flexibility index (Phi) is 6.52. The molecule has 0 atom stereocenters. The molecule has 0 saturated heterocycles. The molecule has 8 nitrogen and oxygen atoms in total. The van der Waals surface area contributed by atoms with Gasteiger partial charge in [0.25, 0.3) is 0 Å². The molecule has 0 fully saturated rings. The maximum Gasteiger partial charge on any atom is 0.308 e. The first-order valence-electron chi connectivity index (χ1n) is 10.9. The van der Waals surface area contributed by atoms with Crippen molar-refractivity contribution in [1.29, 1.82) is 0 Å². The number of rotatable bonds is 7. The van der Waals surface area contributed by atoms with E-state index in [-0.39, 0.29) is 22.2 Å². The summed E-state index contributed by atoms with van der Waals surface area (Å²) >= 11 is 7.25. The Morgan fingerprint density at radius 2 is 1.89 bits per heavy atom. The molecular formula is C25H21ClN4O4S2. The number of hydrogen-bond donors (Lipinski definition) is 0. The summed E-state index contributed by atoms with van der Waals surface area (Å²) in [5, 5.41) is 4.54. The van der Waals surface area contributed by atoms with E-state index in [9.17, 15) is 13.2 Å². The Balaban J connectivity index is 1.39. The van der Waals surface area contributed by atoms with Crippen LogP contribution in [0, 0.1) is 6.92 Å². The van der Waals surface area contributed by atoms with Crippen molar-refractivity contribution < 1.29 is 12.9 Å². The number of sulfonamides is 1. The lowest BCUT2D eigenvalue weighted by Gasteiger charge is -2.15. The lowest BCUT2D eigenvalue weighted by molar-refractivity contribution is 0.337. The Labute approximate surface area is 216 Å². The van der Waals surface area contributed by atoms with E-state index < -0.39 is 10.0 Å². The Hall–Kier alpha value is -3.31. The highest BCUT2D eigenvalue weighted by molar-refractivity contribution is 7.89. The van der Waals surface area contributed by atoms with Crippen LogP contribution in [-0.2, 0) is 23.1 Å². The van der Waals surface area contributed by atoms with Crippen molar-refractivity contribution in [2.75, 3.05) is 7.05 Å². The number of hydrogen-bond acceptors (Lipinski definition) is 7. The van der Waals surface area contributed by atoms with E-state index in [1.54, 1.807) is 16.7 Å². The highest BCUT2D eigenvalue weighted by Crippen LogP contribution is 2.26. The first kappa shape index (κ1) is 24.4. The van der Waals surface area contributed by atoms with Crippen LogP contribution in [0.25, 0.3) is 21.6 Å². The van der Waals surface area contributed by atoms with Crippen molar-refractivity contribution in [2.24, 2.45) is 0 Å². The van der Waals surface area contributed by atoms with Crippen LogP contribution in [0.15, 0.2) is 80.9 Å². The van der Waals surface area contributed by atoms with Crippen molar-refractivity contribution >= 4 is 43.2 Å². The van der Waals surface area contributed by atoms with Gasteiger partial charge >= 0.3 is 4.87 Å². The molecule has 0 unspecified atom stereocenters. The smallest absolute Gasteiger partial charge is 0.308 e. The molecule has 0 amide bonds. The van der Waals surface area contributed by atoms with Crippen molar-refractivity contribution in [3.05, 3.63) is 98.4 Å². The van der Waals surface area contributed by atoms with Gasteiger partial charge in [0.1, 0.15) is 0 Å². The van der Waals surface area contributed by atoms with E-state index in [0.29, 0.717) is 27.6 Å². The van der Waals surface area contributed by atoms with Crippen LogP contribution < -0.4 is 4.87 Å². The predicted molar refractivity (Wildman–Crippen MR) is 140 cm³/mol. The largest absolute Gasteiger partial charge is 0.338 e. The zero-order chi connectivity index (χ0) is 25.4. The molecule has 5 aromatic rings. The summed E-state index contributed by atoms with van der Waals surface area (Å²) in [6, 6.07) is 19.6. The summed E-state index contributed by atoms with van der Waals surface area (Å²) < 4.78 is 35.1. The average molecular weight is 541 g/mol. The third-order valence-electron chi connectivity index (χ3n) is 5.74. The average Bonchev–Trinajstić information content (AvgIpc) is 3.44. The van der Waals surface area contributed by atoms with E-state index >= 15 is 0 Å². The normalized spacial score (nSPS) is 12.0. The Morgan fingerprint density at radius 3 is 2.67 bits per heavy atom. The van der Waals surface area contributed by atoms with E-state index in [2.05, 4.69) is 10.1 Å². The van der Waals surface area contributed by atoms with Crippen molar-refractivity contribution in [3.63, 3.8) is 0 Å². The fourth-order valence-corrected chi connectivity index (χ4v) is 6.18. The molecule has 2 heterocycles. The molecule has 0 radical (unpaired) electrons. The van der Waals surface area contributed by atoms with Crippen molar-refractivity contribution in [1.82, 2.24) is 19.0 Å². The summed E-state index contributed by atoms with van der Waals surface area (Å²) in [5.41, 5.74) is 3.29. The third kappa shape index (κ3) is 4.72. The van der Waals surface area contributed by atoms with Gasteiger partial charge in [-0.05, 0) is 42.8 Å². The summed E-state index contributed by atoms with van der Waals surface area (Å²) in [7, 11) is -2.43. The Morgan fingerprint density at radius 1 is 1.08 bits per heavy atom. The van der Waals surface area contributed by atoms with Crippen LogP contribution >= 0.6 is 22.9 Å². The van der Waals surface area contributed by atoms with Crippen LogP contribution in [0.2, 0.25) is 5.02 Å². The molecular weight excluding hydrogens is 520 g/mol. The summed E-state index contributed by atoms with van der Waals surface area (Å²) in [6.45, 7) is 2.16. The van der Waals surface area contributed by atoms with Gasteiger partial charge in [-0.3, -0.25) is 9.36 Å². The van der Waals surface area contributed by atoms with Crippen LogP contribution in [0.4, 0.5) is 0 Å². The van der Waals surface area contributed by atoms with Gasteiger partial charge in [0.2, 0.25) is 21.7 Å². The summed E-state index contributed by atoms with van der Waals surface area (Å²) in [6.07, 6.45) is 0. The molecule has 0 aliphatic heterocycles. The van der Waals surface area contributed by atoms with E-state index in [4.69, 9.17) is 16.1 Å². The lowest BCUT2D eigenvalue weighted by Crippen LogP contribution is -2.26. The molecule has 0 bridgehead atoms. The maximum absolute atomic E-state index is 13.3. The maximum atomic E-state index is 13.3. The summed E-state index contributed by atoms with van der Waals surface area (Å²) in [5.74, 6) is 0.569. The van der Waals surface area contributed by atoms with E-state index in [0.717, 1.165) is 32.3 Å². The van der Waals surface area contributed by atoms with Crippen LogP contribution in [0.5, 0.6) is 0 Å².